The third-order valence-corrected chi connectivity index (χ3v) is 6.30. The minimum Gasteiger partial charge on any atom is -0.494 e. The molecule has 0 unspecified atom stereocenters. The first kappa shape index (κ1) is 24.4. The van der Waals surface area contributed by atoms with E-state index in [0.29, 0.717) is 23.9 Å². The smallest absolute Gasteiger partial charge is 0.163 e. The number of benzene rings is 2. The van der Waals surface area contributed by atoms with Crippen LogP contribution in [0.5, 0.6) is 5.75 Å². The minimum absolute atomic E-state index is 0.0342. The molecule has 0 saturated carbocycles. The number of nitrogens with one attached hydrogen (secondary N) is 1. The van der Waals surface area contributed by atoms with Crippen LogP contribution < -0.4 is 10.1 Å². The zero-order valence-corrected chi connectivity index (χ0v) is 20.5. The van der Waals surface area contributed by atoms with E-state index in [9.17, 15) is 4.39 Å². The summed E-state index contributed by atoms with van der Waals surface area (Å²) in [7, 11) is 0. The van der Waals surface area contributed by atoms with Crippen LogP contribution in [0.3, 0.4) is 0 Å². The Balaban J connectivity index is 1.35. The standard InChI is InChI=1S/C27H27ClFN5O2/c28-23-16-20(5-7-24(23)29)31-27-22-17-21(36-13-2-1-10-34-11-14-35-15-12-34)6-8-25(22)32-26(33-27)19-4-3-9-30-18-19/h3-9,16-18H,1-2,10-15H2,(H,31,32,33). The number of hydrogen-bond acceptors (Lipinski definition) is 7. The summed E-state index contributed by atoms with van der Waals surface area (Å²) < 4.78 is 25.1. The van der Waals surface area contributed by atoms with Gasteiger partial charge < -0.3 is 14.8 Å². The second-order valence-corrected chi connectivity index (χ2v) is 8.99. The van der Waals surface area contributed by atoms with Crippen molar-refractivity contribution < 1.29 is 13.9 Å². The molecule has 186 valence electrons. The van der Waals surface area contributed by atoms with Gasteiger partial charge >= 0.3 is 0 Å². The van der Waals surface area contributed by atoms with Gasteiger partial charge in [-0.25, -0.2) is 14.4 Å². The Bertz CT molecular complexity index is 1320. The van der Waals surface area contributed by atoms with Gasteiger partial charge in [-0.2, -0.15) is 0 Å². The molecule has 0 spiro atoms. The highest BCUT2D eigenvalue weighted by atomic mass is 35.5. The fourth-order valence-corrected chi connectivity index (χ4v) is 4.26. The first-order chi connectivity index (χ1) is 17.7. The average molecular weight is 508 g/mol. The summed E-state index contributed by atoms with van der Waals surface area (Å²) in [5, 5.41) is 4.09. The molecule has 1 aliphatic rings. The Morgan fingerprint density at radius 2 is 1.94 bits per heavy atom. The predicted octanol–water partition coefficient (Wildman–Crippen LogP) is 5.72. The van der Waals surface area contributed by atoms with E-state index < -0.39 is 5.82 Å². The molecular weight excluding hydrogens is 481 g/mol. The Kier molecular flexibility index (Phi) is 7.85. The normalized spacial score (nSPS) is 14.2. The number of rotatable bonds is 9. The molecule has 1 N–H and O–H groups in total. The fourth-order valence-electron chi connectivity index (χ4n) is 4.08. The van der Waals surface area contributed by atoms with E-state index in [1.54, 1.807) is 18.5 Å². The van der Waals surface area contributed by atoms with Gasteiger partial charge in [-0.3, -0.25) is 9.88 Å². The highest BCUT2D eigenvalue weighted by Crippen LogP contribution is 2.31. The van der Waals surface area contributed by atoms with Crippen LogP contribution in [-0.2, 0) is 4.74 Å². The molecule has 1 saturated heterocycles. The van der Waals surface area contributed by atoms with E-state index in [1.165, 1.54) is 12.1 Å². The molecule has 1 aliphatic heterocycles. The molecule has 0 aliphatic carbocycles. The van der Waals surface area contributed by atoms with Crippen LogP contribution in [-0.4, -0.2) is 59.3 Å². The van der Waals surface area contributed by atoms with E-state index in [4.69, 9.17) is 31.0 Å². The van der Waals surface area contributed by atoms with Gasteiger partial charge in [0.1, 0.15) is 17.4 Å². The SMILES string of the molecule is Fc1ccc(Nc2nc(-c3cccnc3)nc3ccc(OCCCCN4CCOCC4)cc23)cc1Cl. The van der Waals surface area contributed by atoms with Crippen molar-refractivity contribution in [2.45, 2.75) is 12.8 Å². The lowest BCUT2D eigenvalue weighted by atomic mass is 10.2. The third-order valence-electron chi connectivity index (χ3n) is 6.01. The minimum atomic E-state index is -0.477. The second kappa shape index (κ2) is 11.6. The number of pyridine rings is 1. The molecule has 9 heteroatoms. The van der Waals surface area contributed by atoms with Crippen LogP contribution in [0.15, 0.2) is 60.9 Å². The lowest BCUT2D eigenvalue weighted by Gasteiger charge is -2.26. The Morgan fingerprint density at radius 3 is 2.75 bits per heavy atom. The molecule has 7 nitrogen and oxygen atoms in total. The molecule has 0 radical (unpaired) electrons. The van der Waals surface area contributed by atoms with E-state index in [-0.39, 0.29) is 5.02 Å². The number of halogens is 2. The van der Waals surface area contributed by atoms with Gasteiger partial charge in [0.05, 0.1) is 30.4 Å². The summed E-state index contributed by atoms with van der Waals surface area (Å²) in [6.45, 7) is 5.32. The molecule has 0 bridgehead atoms. The molecule has 0 amide bonds. The van der Waals surface area contributed by atoms with Gasteiger partial charge in [0, 0.05) is 42.1 Å². The van der Waals surface area contributed by atoms with Crippen LogP contribution in [0.4, 0.5) is 15.9 Å². The molecule has 2 aromatic heterocycles. The van der Waals surface area contributed by atoms with Crippen molar-refractivity contribution in [3.05, 3.63) is 71.8 Å². The van der Waals surface area contributed by atoms with Crippen molar-refractivity contribution in [3.63, 3.8) is 0 Å². The van der Waals surface area contributed by atoms with Crippen molar-refractivity contribution in [2.24, 2.45) is 0 Å². The number of ether oxygens (including phenoxy) is 2. The number of anilines is 2. The van der Waals surface area contributed by atoms with Crippen LogP contribution in [0.2, 0.25) is 5.02 Å². The number of fused-ring (bicyclic) bond motifs is 1. The maximum atomic E-state index is 13.7. The average Bonchev–Trinajstić information content (AvgIpc) is 2.92. The summed E-state index contributed by atoms with van der Waals surface area (Å²) >= 11 is 6.00. The maximum absolute atomic E-state index is 13.7. The van der Waals surface area contributed by atoms with Gasteiger partial charge in [-0.05, 0) is 67.9 Å². The predicted molar refractivity (Wildman–Crippen MR) is 139 cm³/mol. The Morgan fingerprint density at radius 1 is 1.06 bits per heavy atom. The number of morpholine rings is 1. The van der Waals surface area contributed by atoms with E-state index in [0.717, 1.165) is 67.9 Å². The number of nitrogens with zero attached hydrogens (tertiary/aromatic N) is 4. The quantitative estimate of drug-likeness (QED) is 0.290. The molecule has 0 atom stereocenters. The van der Waals surface area contributed by atoms with Gasteiger partial charge in [-0.15, -0.1) is 0 Å². The third kappa shape index (κ3) is 6.07. The molecule has 5 rings (SSSR count). The van der Waals surface area contributed by atoms with E-state index in [1.807, 2.05) is 30.3 Å². The Labute approximate surface area is 214 Å². The lowest BCUT2D eigenvalue weighted by Crippen LogP contribution is -2.36. The lowest BCUT2D eigenvalue weighted by molar-refractivity contribution is 0.0368. The summed E-state index contributed by atoms with van der Waals surface area (Å²) in [6, 6.07) is 14.0. The van der Waals surface area contributed by atoms with E-state index >= 15 is 0 Å². The van der Waals surface area contributed by atoms with Crippen molar-refractivity contribution in [1.82, 2.24) is 19.9 Å². The number of hydrogen-bond donors (Lipinski definition) is 1. The zero-order chi connectivity index (χ0) is 24.7. The molecule has 1 fully saturated rings. The molecular formula is C27H27ClFN5O2. The summed E-state index contributed by atoms with van der Waals surface area (Å²) in [4.78, 5) is 16.1. The van der Waals surface area contributed by atoms with Crippen LogP contribution in [0.1, 0.15) is 12.8 Å². The summed E-state index contributed by atoms with van der Waals surface area (Å²) in [6.07, 6.45) is 5.46. The first-order valence-corrected chi connectivity index (χ1v) is 12.4. The highest BCUT2D eigenvalue weighted by Gasteiger charge is 2.13. The van der Waals surface area contributed by atoms with Crippen LogP contribution >= 0.6 is 11.6 Å². The van der Waals surface area contributed by atoms with Crippen molar-refractivity contribution in [2.75, 3.05) is 44.8 Å². The first-order valence-electron chi connectivity index (χ1n) is 12.0. The van der Waals surface area contributed by atoms with Crippen molar-refractivity contribution in [1.29, 1.82) is 0 Å². The molecule has 36 heavy (non-hydrogen) atoms. The largest absolute Gasteiger partial charge is 0.494 e. The zero-order valence-electron chi connectivity index (χ0n) is 19.8. The van der Waals surface area contributed by atoms with Gasteiger partial charge in [-0.1, -0.05) is 11.6 Å². The molecule has 3 heterocycles. The van der Waals surface area contributed by atoms with Crippen LogP contribution in [0.25, 0.3) is 22.3 Å². The van der Waals surface area contributed by atoms with Gasteiger partial charge in [0.15, 0.2) is 5.82 Å². The maximum Gasteiger partial charge on any atom is 0.163 e. The highest BCUT2D eigenvalue weighted by molar-refractivity contribution is 6.31. The van der Waals surface area contributed by atoms with E-state index in [2.05, 4.69) is 15.2 Å². The van der Waals surface area contributed by atoms with Crippen molar-refractivity contribution in [3.8, 4) is 17.1 Å². The Hall–Kier alpha value is -3.33. The summed E-state index contributed by atoms with van der Waals surface area (Å²) in [5.41, 5.74) is 2.16. The topological polar surface area (TPSA) is 72.4 Å². The van der Waals surface area contributed by atoms with Gasteiger partial charge in [0.2, 0.25) is 0 Å². The number of unbranched alkanes of at least 4 members (excludes halogenated alkanes) is 1. The molecule has 4 aromatic rings. The van der Waals surface area contributed by atoms with Crippen molar-refractivity contribution >= 4 is 34.0 Å². The molecule has 2 aromatic carbocycles. The second-order valence-electron chi connectivity index (χ2n) is 8.58. The van der Waals surface area contributed by atoms with Gasteiger partial charge in [0.25, 0.3) is 0 Å². The van der Waals surface area contributed by atoms with Crippen LogP contribution in [0, 0.1) is 5.82 Å². The summed E-state index contributed by atoms with van der Waals surface area (Å²) in [5.74, 6) is 1.37. The number of aromatic nitrogens is 3. The fraction of sp³-hybridized carbons (Fsp3) is 0.296. The monoisotopic (exact) mass is 507 g/mol.